The molecule has 0 unspecified atom stereocenters. The monoisotopic (exact) mass is 201 g/mol. The van der Waals surface area contributed by atoms with Gasteiger partial charge in [0.15, 0.2) is 8.32 Å². The zero-order valence-electron chi connectivity index (χ0n) is 9.68. The highest BCUT2D eigenvalue weighted by Gasteiger charge is 2.18. The summed E-state index contributed by atoms with van der Waals surface area (Å²) in [6.45, 7) is 9.72. The summed E-state index contributed by atoms with van der Waals surface area (Å²) >= 11 is 0. The first-order valence-corrected chi connectivity index (χ1v) is 8.18. The third-order valence-corrected chi connectivity index (χ3v) is 5.05. The number of nitrogens with zero attached hydrogens (tertiary/aromatic N) is 1. The highest BCUT2D eigenvalue weighted by molar-refractivity contribution is 6.71. The van der Waals surface area contributed by atoms with E-state index in [-0.39, 0.29) is 0 Å². The second kappa shape index (κ2) is 6.32. The Morgan fingerprint density at radius 3 is 2.46 bits per heavy atom. The summed E-state index contributed by atoms with van der Waals surface area (Å²) in [6, 6.07) is 1.21. The minimum atomic E-state index is -1.33. The van der Waals surface area contributed by atoms with Gasteiger partial charge in [-0.3, -0.25) is 4.99 Å². The molecule has 0 N–H and O–H groups in total. The molecular formula is C10H23NOSi. The lowest BCUT2D eigenvalue weighted by Crippen LogP contribution is -2.28. The van der Waals surface area contributed by atoms with Gasteiger partial charge in [0, 0.05) is 19.4 Å². The number of hydrogen-bond donors (Lipinski definition) is 0. The molecule has 13 heavy (non-hydrogen) atoms. The SMILES string of the molecule is CC/C(C)=N\CCC[Si](C)(C)OC. The molecule has 78 valence electrons. The normalized spacial score (nSPS) is 13.5. The van der Waals surface area contributed by atoms with Crippen molar-refractivity contribution in [2.75, 3.05) is 13.7 Å². The van der Waals surface area contributed by atoms with E-state index in [0.717, 1.165) is 13.0 Å². The van der Waals surface area contributed by atoms with Crippen LogP contribution < -0.4 is 0 Å². The molecule has 0 bridgehead atoms. The van der Waals surface area contributed by atoms with Crippen LogP contribution in [0.5, 0.6) is 0 Å². The van der Waals surface area contributed by atoms with E-state index < -0.39 is 8.32 Å². The predicted molar refractivity (Wildman–Crippen MR) is 62.2 cm³/mol. The summed E-state index contributed by atoms with van der Waals surface area (Å²) in [6.07, 6.45) is 2.25. The van der Waals surface area contributed by atoms with Crippen molar-refractivity contribution in [1.82, 2.24) is 0 Å². The van der Waals surface area contributed by atoms with E-state index in [4.69, 9.17) is 4.43 Å². The largest absolute Gasteiger partial charge is 0.420 e. The lowest BCUT2D eigenvalue weighted by atomic mass is 10.3. The Balaban J connectivity index is 3.57. The second-order valence-corrected chi connectivity index (χ2v) is 8.47. The van der Waals surface area contributed by atoms with Gasteiger partial charge in [0.05, 0.1) is 0 Å². The van der Waals surface area contributed by atoms with E-state index >= 15 is 0 Å². The Labute approximate surface area is 83.5 Å². The molecule has 0 atom stereocenters. The van der Waals surface area contributed by atoms with Gasteiger partial charge in [-0.05, 0) is 38.9 Å². The van der Waals surface area contributed by atoms with Crippen molar-refractivity contribution >= 4 is 14.0 Å². The van der Waals surface area contributed by atoms with Gasteiger partial charge in [0.1, 0.15) is 0 Å². The Hall–Kier alpha value is -0.153. The van der Waals surface area contributed by atoms with Gasteiger partial charge in [0.25, 0.3) is 0 Å². The van der Waals surface area contributed by atoms with Crippen LogP contribution >= 0.6 is 0 Å². The van der Waals surface area contributed by atoms with Gasteiger partial charge >= 0.3 is 0 Å². The summed E-state index contributed by atoms with van der Waals surface area (Å²) in [4.78, 5) is 4.46. The molecule has 2 nitrogen and oxygen atoms in total. The Morgan fingerprint density at radius 2 is 2.00 bits per heavy atom. The smallest absolute Gasteiger partial charge is 0.186 e. The lowest BCUT2D eigenvalue weighted by Gasteiger charge is -2.18. The number of aliphatic imine (C=N–C) groups is 1. The molecule has 0 aliphatic rings. The van der Waals surface area contributed by atoms with E-state index in [2.05, 4.69) is 31.9 Å². The van der Waals surface area contributed by atoms with Crippen molar-refractivity contribution in [3.05, 3.63) is 0 Å². The highest BCUT2D eigenvalue weighted by atomic mass is 28.4. The summed E-state index contributed by atoms with van der Waals surface area (Å²) in [7, 11) is 0.497. The first-order chi connectivity index (χ1) is 6.02. The third kappa shape index (κ3) is 6.96. The van der Waals surface area contributed by atoms with Crippen LogP contribution in [0.2, 0.25) is 19.1 Å². The molecule has 0 saturated heterocycles. The highest BCUT2D eigenvalue weighted by Crippen LogP contribution is 2.12. The summed E-state index contributed by atoms with van der Waals surface area (Å²) in [5.74, 6) is 0. The van der Waals surface area contributed by atoms with Crippen LogP contribution in [0.1, 0.15) is 26.7 Å². The zero-order chi connectivity index (χ0) is 10.3. The van der Waals surface area contributed by atoms with Crippen molar-refractivity contribution in [3.8, 4) is 0 Å². The summed E-state index contributed by atoms with van der Waals surface area (Å²) in [5, 5.41) is 0. The fourth-order valence-corrected chi connectivity index (χ4v) is 2.20. The Morgan fingerprint density at radius 1 is 1.38 bits per heavy atom. The van der Waals surface area contributed by atoms with E-state index in [1.54, 1.807) is 0 Å². The molecule has 0 aromatic heterocycles. The molecule has 0 aliphatic heterocycles. The first kappa shape index (κ1) is 12.8. The van der Waals surface area contributed by atoms with Crippen molar-refractivity contribution in [3.63, 3.8) is 0 Å². The average molecular weight is 201 g/mol. The van der Waals surface area contributed by atoms with Crippen molar-refractivity contribution in [2.24, 2.45) is 4.99 Å². The number of hydrogen-bond acceptors (Lipinski definition) is 2. The minimum Gasteiger partial charge on any atom is -0.420 e. The van der Waals surface area contributed by atoms with Crippen LogP contribution in [0.15, 0.2) is 4.99 Å². The molecule has 0 aromatic rings. The maximum atomic E-state index is 5.46. The van der Waals surface area contributed by atoms with Crippen LogP contribution in [0.4, 0.5) is 0 Å². The molecule has 0 amide bonds. The molecule has 0 rings (SSSR count). The van der Waals surface area contributed by atoms with E-state index in [1.807, 2.05) is 7.11 Å². The minimum absolute atomic E-state index is 0.972. The molecule has 0 aliphatic carbocycles. The zero-order valence-corrected chi connectivity index (χ0v) is 10.7. The van der Waals surface area contributed by atoms with Crippen molar-refractivity contribution in [1.29, 1.82) is 0 Å². The molecule has 0 aromatic carbocycles. The van der Waals surface area contributed by atoms with Gasteiger partial charge < -0.3 is 4.43 Å². The fraction of sp³-hybridized carbons (Fsp3) is 0.900. The Kier molecular flexibility index (Phi) is 6.25. The maximum Gasteiger partial charge on any atom is 0.186 e. The fourth-order valence-electron chi connectivity index (χ4n) is 0.989. The number of rotatable bonds is 6. The summed E-state index contributed by atoms with van der Waals surface area (Å²) in [5.41, 5.74) is 1.26. The lowest BCUT2D eigenvalue weighted by molar-refractivity contribution is 0.402. The summed E-state index contributed by atoms with van der Waals surface area (Å²) < 4.78 is 5.46. The molecule has 0 radical (unpaired) electrons. The van der Waals surface area contributed by atoms with Gasteiger partial charge in [-0.25, -0.2) is 0 Å². The van der Waals surface area contributed by atoms with Crippen LogP contribution in [0.25, 0.3) is 0 Å². The first-order valence-electron chi connectivity index (χ1n) is 5.07. The average Bonchev–Trinajstić information content (AvgIpc) is 2.12. The van der Waals surface area contributed by atoms with Gasteiger partial charge in [-0.15, -0.1) is 0 Å². The molecule has 0 heterocycles. The topological polar surface area (TPSA) is 21.6 Å². The van der Waals surface area contributed by atoms with Gasteiger partial charge in [0.2, 0.25) is 0 Å². The van der Waals surface area contributed by atoms with E-state index in [1.165, 1.54) is 18.2 Å². The molecule has 0 saturated carbocycles. The van der Waals surface area contributed by atoms with Crippen molar-refractivity contribution < 1.29 is 4.43 Å². The maximum absolute atomic E-state index is 5.46. The van der Waals surface area contributed by atoms with Crippen LogP contribution in [0, 0.1) is 0 Å². The van der Waals surface area contributed by atoms with E-state index in [0.29, 0.717) is 0 Å². The van der Waals surface area contributed by atoms with Crippen LogP contribution in [-0.2, 0) is 4.43 Å². The molecule has 3 heteroatoms. The van der Waals surface area contributed by atoms with E-state index in [9.17, 15) is 0 Å². The molecular weight excluding hydrogens is 178 g/mol. The third-order valence-electron chi connectivity index (χ3n) is 2.38. The van der Waals surface area contributed by atoms with Crippen LogP contribution in [0.3, 0.4) is 0 Å². The van der Waals surface area contributed by atoms with Crippen molar-refractivity contribution in [2.45, 2.75) is 45.8 Å². The Bertz CT molecular complexity index is 166. The second-order valence-electron chi connectivity index (χ2n) is 4.04. The van der Waals surface area contributed by atoms with Gasteiger partial charge in [-0.2, -0.15) is 0 Å². The molecule has 0 spiro atoms. The molecule has 0 fully saturated rings. The van der Waals surface area contributed by atoms with Gasteiger partial charge in [-0.1, -0.05) is 6.92 Å². The standard InChI is InChI=1S/C10H23NOSi/c1-6-10(2)11-8-7-9-13(4,5)12-3/h6-9H2,1-5H3/b11-10-. The predicted octanol–water partition coefficient (Wildman–Crippen LogP) is 3.10. The quantitative estimate of drug-likeness (QED) is 0.367. The van der Waals surface area contributed by atoms with Crippen LogP contribution in [-0.4, -0.2) is 27.7 Å².